The number of hydrogen-bond donors (Lipinski definition) is 1. The van der Waals surface area contributed by atoms with Gasteiger partial charge in [0.15, 0.2) is 5.13 Å². The molecule has 0 aromatic carbocycles. The quantitative estimate of drug-likeness (QED) is 0.821. The van der Waals surface area contributed by atoms with Crippen molar-refractivity contribution >= 4 is 34.2 Å². The van der Waals surface area contributed by atoms with Gasteiger partial charge in [0.1, 0.15) is 0 Å². The Balaban J connectivity index is 1.33. The number of likely N-dealkylation sites (tertiary alicyclic amines) is 1. The number of nitrogens with zero attached hydrogens (tertiary/aromatic N) is 2. The largest absolute Gasteiger partial charge is 0.302 e. The number of fused-ring (bicyclic) bond motifs is 2. The molecule has 2 heterocycles. The molecule has 0 radical (unpaired) electrons. The molecule has 26 heavy (non-hydrogen) atoms. The third-order valence-corrected chi connectivity index (χ3v) is 6.96. The van der Waals surface area contributed by atoms with Crippen molar-refractivity contribution < 1.29 is 14.4 Å². The van der Waals surface area contributed by atoms with Crippen molar-refractivity contribution in [1.82, 2.24) is 9.88 Å². The first-order valence-electron chi connectivity index (χ1n) is 9.66. The maximum atomic E-state index is 12.4. The van der Waals surface area contributed by atoms with Gasteiger partial charge >= 0.3 is 0 Å². The average Bonchev–Trinajstić information content (AvgIpc) is 3.12. The molecule has 2 aliphatic carbocycles. The summed E-state index contributed by atoms with van der Waals surface area (Å²) in [5.74, 6) is 0.0400. The maximum absolute atomic E-state index is 12.4. The Labute approximate surface area is 157 Å². The van der Waals surface area contributed by atoms with Crippen LogP contribution < -0.4 is 5.32 Å². The molecule has 1 N–H and O–H groups in total. The van der Waals surface area contributed by atoms with E-state index < -0.39 is 0 Å². The number of aryl methyl sites for hydroxylation is 1. The van der Waals surface area contributed by atoms with E-state index in [0.29, 0.717) is 11.0 Å². The van der Waals surface area contributed by atoms with Crippen molar-refractivity contribution in [3.05, 3.63) is 10.6 Å². The van der Waals surface area contributed by atoms with E-state index >= 15 is 0 Å². The van der Waals surface area contributed by atoms with Crippen molar-refractivity contribution in [3.8, 4) is 0 Å². The second kappa shape index (κ2) is 7.10. The summed E-state index contributed by atoms with van der Waals surface area (Å²) in [7, 11) is 0. The molecule has 140 valence electrons. The summed E-state index contributed by atoms with van der Waals surface area (Å²) in [6, 6.07) is 0. The average molecular weight is 375 g/mol. The molecule has 1 aromatic rings. The zero-order valence-electron chi connectivity index (χ0n) is 15.1. The van der Waals surface area contributed by atoms with E-state index in [1.165, 1.54) is 9.78 Å². The summed E-state index contributed by atoms with van der Waals surface area (Å²) in [5.41, 5.74) is 1.11. The van der Waals surface area contributed by atoms with Gasteiger partial charge in [-0.1, -0.05) is 19.8 Å². The monoisotopic (exact) mass is 375 g/mol. The van der Waals surface area contributed by atoms with Crippen molar-refractivity contribution in [2.75, 3.05) is 11.9 Å². The minimum absolute atomic E-state index is 0.0776. The van der Waals surface area contributed by atoms with Gasteiger partial charge < -0.3 is 5.32 Å². The molecular weight excluding hydrogens is 350 g/mol. The molecular formula is C19H25N3O3S. The van der Waals surface area contributed by atoms with Crippen LogP contribution in [0.2, 0.25) is 0 Å². The molecule has 4 rings (SSSR count). The lowest BCUT2D eigenvalue weighted by atomic mass is 9.81. The molecule has 1 aromatic heterocycles. The van der Waals surface area contributed by atoms with Gasteiger partial charge in [-0.3, -0.25) is 19.3 Å². The highest BCUT2D eigenvalue weighted by Crippen LogP contribution is 2.38. The van der Waals surface area contributed by atoms with Crippen molar-refractivity contribution in [2.24, 2.45) is 17.8 Å². The van der Waals surface area contributed by atoms with Gasteiger partial charge in [-0.25, -0.2) is 4.98 Å². The minimum atomic E-state index is -0.181. The number of hydrogen-bond acceptors (Lipinski definition) is 5. The highest BCUT2D eigenvalue weighted by Gasteiger charge is 2.47. The lowest BCUT2D eigenvalue weighted by Crippen LogP contribution is -2.34. The molecule has 3 atom stereocenters. The van der Waals surface area contributed by atoms with Crippen LogP contribution in [0.4, 0.5) is 5.13 Å². The van der Waals surface area contributed by atoms with E-state index in [1.807, 2.05) is 0 Å². The van der Waals surface area contributed by atoms with Crippen LogP contribution in [0.25, 0.3) is 0 Å². The minimum Gasteiger partial charge on any atom is -0.302 e. The second-order valence-electron chi connectivity index (χ2n) is 7.86. The lowest BCUT2D eigenvalue weighted by Gasteiger charge is -2.19. The van der Waals surface area contributed by atoms with Crippen LogP contribution in [0.5, 0.6) is 0 Å². The Hall–Kier alpha value is -1.76. The Morgan fingerprint density at radius 1 is 1.19 bits per heavy atom. The van der Waals surface area contributed by atoms with Crippen LogP contribution in [0.3, 0.4) is 0 Å². The van der Waals surface area contributed by atoms with Gasteiger partial charge in [0.05, 0.1) is 17.5 Å². The maximum Gasteiger partial charge on any atom is 0.233 e. The molecule has 0 unspecified atom stereocenters. The highest BCUT2D eigenvalue weighted by molar-refractivity contribution is 7.15. The van der Waals surface area contributed by atoms with E-state index in [1.54, 1.807) is 11.3 Å². The smallest absolute Gasteiger partial charge is 0.233 e. The van der Waals surface area contributed by atoms with Crippen LogP contribution in [-0.4, -0.2) is 34.2 Å². The molecule has 1 saturated carbocycles. The summed E-state index contributed by atoms with van der Waals surface area (Å²) in [5, 5.41) is 3.49. The number of imide groups is 1. The van der Waals surface area contributed by atoms with Gasteiger partial charge in [0.2, 0.25) is 17.7 Å². The number of amides is 3. The fraction of sp³-hybridized carbons (Fsp3) is 0.684. The molecule has 1 aliphatic heterocycles. The molecule has 1 saturated heterocycles. The van der Waals surface area contributed by atoms with Crippen molar-refractivity contribution in [2.45, 2.75) is 58.3 Å². The Morgan fingerprint density at radius 3 is 2.58 bits per heavy atom. The van der Waals surface area contributed by atoms with Gasteiger partial charge in [-0.2, -0.15) is 0 Å². The first-order valence-corrected chi connectivity index (χ1v) is 10.5. The normalized spacial score (nSPS) is 28.0. The predicted molar refractivity (Wildman–Crippen MR) is 98.7 cm³/mol. The fourth-order valence-electron chi connectivity index (χ4n) is 4.44. The molecule has 2 fully saturated rings. The number of carbonyl (C=O) groups excluding carboxylic acids is 3. The number of carbonyl (C=O) groups is 3. The molecule has 3 aliphatic rings. The molecule has 3 amide bonds. The lowest BCUT2D eigenvalue weighted by molar-refractivity contribution is -0.140. The van der Waals surface area contributed by atoms with E-state index in [-0.39, 0.29) is 42.5 Å². The SMILES string of the molecule is C[C@H]1CCc2nc(NC(=O)CCN3C(=O)[C@H]4CCCC[C@H]4C3=O)sc2C1. The van der Waals surface area contributed by atoms with E-state index in [4.69, 9.17) is 0 Å². The van der Waals surface area contributed by atoms with Crippen LogP contribution in [0.15, 0.2) is 0 Å². The van der Waals surface area contributed by atoms with Gasteiger partial charge in [0, 0.05) is 17.8 Å². The summed E-state index contributed by atoms with van der Waals surface area (Å²) >= 11 is 1.55. The fourth-order valence-corrected chi connectivity index (χ4v) is 5.63. The van der Waals surface area contributed by atoms with Crippen molar-refractivity contribution in [1.29, 1.82) is 0 Å². The first-order chi connectivity index (χ1) is 12.5. The Bertz CT molecular complexity index is 720. The Kier molecular flexibility index (Phi) is 4.82. The van der Waals surface area contributed by atoms with E-state index in [9.17, 15) is 14.4 Å². The van der Waals surface area contributed by atoms with E-state index in [2.05, 4.69) is 17.2 Å². The molecule has 0 spiro atoms. The van der Waals surface area contributed by atoms with Crippen LogP contribution in [0.1, 0.15) is 56.0 Å². The zero-order chi connectivity index (χ0) is 18.3. The van der Waals surface area contributed by atoms with Crippen molar-refractivity contribution in [3.63, 3.8) is 0 Å². The van der Waals surface area contributed by atoms with Gasteiger partial charge in [0.25, 0.3) is 0 Å². The number of rotatable bonds is 4. The third kappa shape index (κ3) is 3.29. The molecule has 6 nitrogen and oxygen atoms in total. The number of anilines is 1. The van der Waals surface area contributed by atoms with Gasteiger partial charge in [-0.05, 0) is 38.0 Å². The summed E-state index contributed by atoms with van der Waals surface area (Å²) < 4.78 is 0. The van der Waals surface area contributed by atoms with E-state index in [0.717, 1.165) is 50.6 Å². The van der Waals surface area contributed by atoms with Gasteiger partial charge in [-0.15, -0.1) is 11.3 Å². The summed E-state index contributed by atoms with van der Waals surface area (Å²) in [4.78, 5) is 44.3. The zero-order valence-corrected chi connectivity index (χ0v) is 15.9. The number of thiazole rings is 1. The third-order valence-electron chi connectivity index (χ3n) is 5.93. The van der Waals surface area contributed by atoms with Crippen LogP contribution >= 0.6 is 11.3 Å². The summed E-state index contributed by atoms with van der Waals surface area (Å²) in [6.45, 7) is 2.42. The van der Waals surface area contributed by atoms with Crippen LogP contribution in [-0.2, 0) is 27.2 Å². The standard InChI is InChI=1S/C19H25N3O3S/c1-11-6-7-14-15(10-11)26-19(20-14)21-16(23)8-9-22-17(24)12-4-2-3-5-13(12)18(22)25/h11-13H,2-10H2,1H3,(H,20,21,23)/t11-,12-,13+/m0/s1. The topological polar surface area (TPSA) is 79.4 Å². The Morgan fingerprint density at radius 2 is 1.88 bits per heavy atom. The molecule has 7 heteroatoms. The highest BCUT2D eigenvalue weighted by atomic mass is 32.1. The summed E-state index contributed by atoms with van der Waals surface area (Å²) in [6.07, 6.45) is 6.93. The number of aromatic nitrogens is 1. The molecule has 0 bridgehead atoms. The first kappa shape index (κ1) is 17.6. The number of nitrogens with one attached hydrogen (secondary N) is 1. The predicted octanol–water partition coefficient (Wildman–Crippen LogP) is 2.77. The second-order valence-corrected chi connectivity index (χ2v) is 8.94. The van der Waals surface area contributed by atoms with Crippen LogP contribution in [0, 0.1) is 17.8 Å².